The van der Waals surface area contributed by atoms with E-state index in [0.29, 0.717) is 9.79 Å². The molecular formula is C21H25NO2S. The van der Waals surface area contributed by atoms with E-state index in [-0.39, 0.29) is 0 Å². The molecule has 1 aliphatic rings. The van der Waals surface area contributed by atoms with Gasteiger partial charge in [-0.05, 0) is 67.3 Å². The van der Waals surface area contributed by atoms with Crippen LogP contribution in [0.2, 0.25) is 0 Å². The number of hydrogen-bond donors (Lipinski definition) is 0. The van der Waals surface area contributed by atoms with Gasteiger partial charge in [0.2, 0.25) is 9.84 Å². The molecule has 0 fully saturated rings. The SMILES string of the molecule is CCCN1CC=C(c2cccc(S(=O)(=O)c3cccc(C)c3)c2)CC1. The Hall–Kier alpha value is -1.91. The lowest BCUT2D eigenvalue weighted by Crippen LogP contribution is -2.29. The van der Waals surface area contributed by atoms with Gasteiger partial charge in [-0.1, -0.05) is 37.3 Å². The van der Waals surface area contributed by atoms with Gasteiger partial charge < -0.3 is 0 Å². The fourth-order valence-electron chi connectivity index (χ4n) is 3.27. The maximum Gasteiger partial charge on any atom is 0.206 e. The zero-order chi connectivity index (χ0) is 17.9. The summed E-state index contributed by atoms with van der Waals surface area (Å²) in [6.45, 7) is 7.20. The quantitative estimate of drug-likeness (QED) is 0.801. The molecule has 132 valence electrons. The summed E-state index contributed by atoms with van der Waals surface area (Å²) in [5, 5.41) is 0. The van der Waals surface area contributed by atoms with Crippen molar-refractivity contribution in [3.05, 3.63) is 65.7 Å². The third kappa shape index (κ3) is 4.02. The Balaban J connectivity index is 1.90. The number of aryl methyl sites for hydroxylation is 1. The molecule has 0 unspecified atom stereocenters. The zero-order valence-corrected chi connectivity index (χ0v) is 15.7. The van der Waals surface area contributed by atoms with Crippen LogP contribution in [-0.4, -0.2) is 33.0 Å². The summed E-state index contributed by atoms with van der Waals surface area (Å²) >= 11 is 0. The molecular weight excluding hydrogens is 330 g/mol. The highest BCUT2D eigenvalue weighted by Gasteiger charge is 2.19. The van der Waals surface area contributed by atoms with Crippen LogP contribution in [0.5, 0.6) is 0 Å². The number of benzene rings is 2. The van der Waals surface area contributed by atoms with Crippen molar-refractivity contribution in [3.8, 4) is 0 Å². The highest BCUT2D eigenvalue weighted by atomic mass is 32.2. The van der Waals surface area contributed by atoms with Gasteiger partial charge in [0.25, 0.3) is 0 Å². The molecule has 0 aromatic heterocycles. The van der Waals surface area contributed by atoms with Crippen LogP contribution in [-0.2, 0) is 9.84 Å². The van der Waals surface area contributed by atoms with Crippen molar-refractivity contribution < 1.29 is 8.42 Å². The lowest BCUT2D eigenvalue weighted by Gasteiger charge is -2.26. The highest BCUT2D eigenvalue weighted by molar-refractivity contribution is 7.91. The van der Waals surface area contributed by atoms with Crippen LogP contribution in [0.25, 0.3) is 5.57 Å². The number of nitrogens with zero attached hydrogens (tertiary/aromatic N) is 1. The van der Waals surface area contributed by atoms with E-state index in [9.17, 15) is 8.42 Å². The molecule has 1 aliphatic heterocycles. The third-order valence-electron chi connectivity index (χ3n) is 4.65. The predicted octanol–water partition coefficient (Wildman–Crippen LogP) is 4.33. The summed E-state index contributed by atoms with van der Waals surface area (Å²) in [5.74, 6) is 0. The second kappa shape index (κ2) is 7.54. The Morgan fingerprint density at radius 3 is 2.40 bits per heavy atom. The van der Waals surface area contributed by atoms with Crippen molar-refractivity contribution in [2.45, 2.75) is 36.5 Å². The Labute approximate surface area is 150 Å². The first-order chi connectivity index (χ1) is 12.0. The normalized spacial score (nSPS) is 15.8. The van der Waals surface area contributed by atoms with Crippen LogP contribution in [0.4, 0.5) is 0 Å². The summed E-state index contributed by atoms with van der Waals surface area (Å²) in [6, 6.07) is 14.4. The minimum absolute atomic E-state index is 0.358. The Bertz CT molecular complexity index is 884. The fraction of sp³-hybridized carbons (Fsp3) is 0.333. The molecule has 0 atom stereocenters. The highest BCUT2D eigenvalue weighted by Crippen LogP contribution is 2.27. The first-order valence-corrected chi connectivity index (χ1v) is 10.3. The summed E-state index contributed by atoms with van der Waals surface area (Å²) in [4.78, 5) is 3.15. The van der Waals surface area contributed by atoms with Gasteiger partial charge in [-0.2, -0.15) is 0 Å². The predicted molar refractivity (Wildman–Crippen MR) is 102 cm³/mol. The standard InChI is InChI=1S/C21H25NO2S/c1-3-12-22-13-10-18(11-14-22)19-7-5-9-21(16-19)25(23,24)20-8-4-6-17(2)15-20/h4-10,15-16H,3,11-14H2,1-2H3. The van der Waals surface area contributed by atoms with Crippen LogP contribution < -0.4 is 0 Å². The fourth-order valence-corrected chi connectivity index (χ4v) is 4.69. The van der Waals surface area contributed by atoms with Crippen molar-refractivity contribution in [1.29, 1.82) is 0 Å². The van der Waals surface area contributed by atoms with Crippen LogP contribution in [0, 0.1) is 6.92 Å². The molecule has 2 aromatic rings. The summed E-state index contributed by atoms with van der Waals surface area (Å²) in [6.07, 6.45) is 4.36. The Morgan fingerprint density at radius 1 is 1.04 bits per heavy atom. The molecule has 0 saturated carbocycles. The first kappa shape index (κ1) is 17.9. The zero-order valence-electron chi connectivity index (χ0n) is 14.9. The van der Waals surface area contributed by atoms with Gasteiger partial charge in [0, 0.05) is 13.1 Å². The molecule has 0 bridgehead atoms. The minimum Gasteiger partial charge on any atom is -0.299 e. The number of rotatable bonds is 5. The van der Waals surface area contributed by atoms with Gasteiger partial charge in [0.05, 0.1) is 9.79 Å². The summed E-state index contributed by atoms with van der Waals surface area (Å²) in [7, 11) is -3.48. The second-order valence-electron chi connectivity index (χ2n) is 6.63. The largest absolute Gasteiger partial charge is 0.299 e. The van der Waals surface area contributed by atoms with Crippen molar-refractivity contribution in [1.82, 2.24) is 4.90 Å². The van der Waals surface area contributed by atoms with E-state index < -0.39 is 9.84 Å². The van der Waals surface area contributed by atoms with E-state index in [1.54, 1.807) is 24.3 Å². The van der Waals surface area contributed by atoms with Crippen molar-refractivity contribution in [3.63, 3.8) is 0 Å². The van der Waals surface area contributed by atoms with Gasteiger partial charge in [0.1, 0.15) is 0 Å². The van der Waals surface area contributed by atoms with Crippen molar-refractivity contribution in [2.75, 3.05) is 19.6 Å². The molecule has 3 rings (SSSR count). The summed E-state index contributed by atoms with van der Waals surface area (Å²) < 4.78 is 25.9. The Kier molecular flexibility index (Phi) is 5.40. The monoisotopic (exact) mass is 355 g/mol. The van der Waals surface area contributed by atoms with Gasteiger partial charge in [0.15, 0.2) is 0 Å². The van der Waals surface area contributed by atoms with Crippen LogP contribution >= 0.6 is 0 Å². The third-order valence-corrected chi connectivity index (χ3v) is 6.40. The smallest absolute Gasteiger partial charge is 0.206 e. The molecule has 4 heteroatoms. The van der Waals surface area contributed by atoms with Crippen LogP contribution in [0.1, 0.15) is 30.9 Å². The molecule has 3 nitrogen and oxygen atoms in total. The molecule has 2 aromatic carbocycles. The first-order valence-electron chi connectivity index (χ1n) is 8.84. The lowest BCUT2D eigenvalue weighted by molar-refractivity contribution is 0.302. The average molecular weight is 356 g/mol. The van der Waals surface area contributed by atoms with E-state index in [1.165, 1.54) is 5.57 Å². The Morgan fingerprint density at radius 2 is 1.76 bits per heavy atom. The molecule has 0 aliphatic carbocycles. The van der Waals surface area contributed by atoms with Gasteiger partial charge in [-0.3, -0.25) is 4.90 Å². The van der Waals surface area contributed by atoms with E-state index in [1.807, 2.05) is 31.2 Å². The van der Waals surface area contributed by atoms with Crippen molar-refractivity contribution >= 4 is 15.4 Å². The second-order valence-corrected chi connectivity index (χ2v) is 8.58. The molecule has 0 spiro atoms. The maximum absolute atomic E-state index is 12.9. The molecule has 0 saturated heterocycles. The number of sulfone groups is 1. The topological polar surface area (TPSA) is 37.4 Å². The van der Waals surface area contributed by atoms with Crippen molar-refractivity contribution in [2.24, 2.45) is 0 Å². The van der Waals surface area contributed by atoms with E-state index in [4.69, 9.17) is 0 Å². The molecule has 25 heavy (non-hydrogen) atoms. The van der Waals surface area contributed by atoms with E-state index >= 15 is 0 Å². The van der Waals surface area contributed by atoms with E-state index in [2.05, 4.69) is 17.9 Å². The molecule has 0 radical (unpaired) electrons. The van der Waals surface area contributed by atoms with Crippen LogP contribution in [0.3, 0.4) is 0 Å². The average Bonchev–Trinajstić information content (AvgIpc) is 2.63. The van der Waals surface area contributed by atoms with Crippen LogP contribution in [0.15, 0.2) is 64.4 Å². The molecule has 1 heterocycles. The molecule has 0 amide bonds. The number of hydrogen-bond acceptors (Lipinski definition) is 3. The minimum atomic E-state index is -3.48. The van der Waals surface area contributed by atoms with Gasteiger partial charge in [-0.15, -0.1) is 0 Å². The van der Waals surface area contributed by atoms with E-state index in [0.717, 1.165) is 43.6 Å². The van der Waals surface area contributed by atoms with Gasteiger partial charge >= 0.3 is 0 Å². The van der Waals surface area contributed by atoms with Gasteiger partial charge in [-0.25, -0.2) is 8.42 Å². The molecule has 0 N–H and O–H groups in total. The summed E-state index contributed by atoms with van der Waals surface area (Å²) in [5.41, 5.74) is 3.21. The maximum atomic E-state index is 12.9. The lowest BCUT2D eigenvalue weighted by atomic mass is 9.99.